The number of aryl methyl sites for hydroxylation is 1. The highest BCUT2D eigenvalue weighted by Crippen LogP contribution is 2.28. The molecule has 0 aliphatic carbocycles. The molecule has 1 fully saturated rings. The van der Waals surface area contributed by atoms with Gasteiger partial charge in [0.15, 0.2) is 11.9 Å². The number of ether oxygens (including phenoxy) is 1. The van der Waals surface area contributed by atoms with Crippen LogP contribution in [0.4, 0.5) is 4.39 Å². The fourth-order valence-corrected chi connectivity index (χ4v) is 4.21. The molecule has 1 aliphatic rings. The molecule has 0 radical (unpaired) electrons. The van der Waals surface area contributed by atoms with E-state index in [1.54, 1.807) is 23.1 Å². The molecule has 1 atom stereocenters. The van der Waals surface area contributed by atoms with Gasteiger partial charge in [-0.1, -0.05) is 41.6 Å². The van der Waals surface area contributed by atoms with Gasteiger partial charge in [0.25, 0.3) is 11.8 Å². The average molecular weight is 434 g/mol. The van der Waals surface area contributed by atoms with E-state index in [0.717, 1.165) is 16.6 Å². The van der Waals surface area contributed by atoms with Crippen LogP contribution in [-0.2, 0) is 18.2 Å². The number of carbonyl (C=O) groups excluding carboxylic acids is 1. The predicted molar refractivity (Wildman–Crippen MR) is 116 cm³/mol. The second kappa shape index (κ2) is 8.20. The molecule has 0 N–H and O–H groups in total. The summed E-state index contributed by atoms with van der Waals surface area (Å²) in [5.74, 6) is 0.319. The molecule has 4 aromatic rings. The molecule has 5 rings (SSSR count). The highest BCUT2D eigenvalue weighted by Gasteiger charge is 2.32. The molecule has 2 aromatic heterocycles. The summed E-state index contributed by atoms with van der Waals surface area (Å²) in [6.07, 6.45) is -0.300. The van der Waals surface area contributed by atoms with Crippen molar-refractivity contribution in [2.45, 2.75) is 19.4 Å². The van der Waals surface area contributed by atoms with Crippen LogP contribution in [0.3, 0.4) is 0 Å². The molecule has 32 heavy (non-hydrogen) atoms. The van der Waals surface area contributed by atoms with Crippen LogP contribution in [0.5, 0.6) is 0 Å². The van der Waals surface area contributed by atoms with Crippen LogP contribution in [-0.4, -0.2) is 45.2 Å². The Morgan fingerprint density at radius 2 is 1.97 bits per heavy atom. The van der Waals surface area contributed by atoms with Crippen molar-refractivity contribution >= 4 is 16.8 Å². The molecule has 1 unspecified atom stereocenters. The highest BCUT2D eigenvalue weighted by molar-refractivity contribution is 6.08. The van der Waals surface area contributed by atoms with Gasteiger partial charge in [-0.3, -0.25) is 4.79 Å². The molecule has 7 nitrogen and oxygen atoms in total. The van der Waals surface area contributed by atoms with Crippen LogP contribution < -0.4 is 0 Å². The van der Waals surface area contributed by atoms with E-state index in [9.17, 15) is 9.18 Å². The number of nitrogens with zero attached hydrogens (tertiary/aromatic N) is 4. The van der Waals surface area contributed by atoms with E-state index in [1.807, 2.05) is 42.8 Å². The smallest absolute Gasteiger partial charge is 0.257 e. The average Bonchev–Trinajstić information content (AvgIpc) is 3.38. The summed E-state index contributed by atoms with van der Waals surface area (Å²) in [4.78, 5) is 19.6. The number of fused-ring (bicyclic) bond motifs is 1. The molecule has 164 valence electrons. The van der Waals surface area contributed by atoms with Crippen molar-refractivity contribution in [3.05, 3.63) is 82.9 Å². The number of halogens is 1. The predicted octanol–water partition coefficient (Wildman–Crippen LogP) is 3.81. The Kier molecular flexibility index (Phi) is 5.22. The molecular formula is C24H23FN4O3. The van der Waals surface area contributed by atoms with Crippen molar-refractivity contribution < 1.29 is 18.4 Å². The first kappa shape index (κ1) is 20.4. The lowest BCUT2D eigenvalue weighted by Crippen LogP contribution is -2.42. The zero-order chi connectivity index (χ0) is 22.2. The lowest BCUT2D eigenvalue weighted by atomic mass is 10.1. The van der Waals surface area contributed by atoms with Gasteiger partial charge in [-0.05, 0) is 24.6 Å². The van der Waals surface area contributed by atoms with Gasteiger partial charge in [-0.15, -0.1) is 0 Å². The summed E-state index contributed by atoms with van der Waals surface area (Å²) >= 11 is 0. The number of rotatable bonds is 4. The van der Waals surface area contributed by atoms with E-state index in [2.05, 4.69) is 10.1 Å². The van der Waals surface area contributed by atoms with Crippen molar-refractivity contribution in [3.8, 4) is 0 Å². The molecule has 0 spiro atoms. The maximum Gasteiger partial charge on any atom is 0.257 e. The number of carbonyl (C=O) groups is 1. The van der Waals surface area contributed by atoms with Crippen molar-refractivity contribution in [2.75, 3.05) is 19.7 Å². The summed E-state index contributed by atoms with van der Waals surface area (Å²) in [6, 6.07) is 14.4. The summed E-state index contributed by atoms with van der Waals surface area (Å²) in [5, 5.41) is 4.91. The highest BCUT2D eigenvalue weighted by atomic mass is 19.1. The molecule has 1 aliphatic heterocycles. The summed E-state index contributed by atoms with van der Waals surface area (Å²) in [6.45, 7) is 3.11. The van der Waals surface area contributed by atoms with Crippen molar-refractivity contribution in [2.24, 2.45) is 7.05 Å². The third-order valence-corrected chi connectivity index (χ3v) is 6.03. The van der Waals surface area contributed by atoms with Gasteiger partial charge >= 0.3 is 0 Å². The lowest BCUT2D eigenvalue weighted by Gasteiger charge is -2.31. The first-order chi connectivity index (χ1) is 15.5. The second-order valence-corrected chi connectivity index (χ2v) is 7.96. The molecular weight excluding hydrogens is 411 g/mol. The molecule has 0 bridgehead atoms. The minimum Gasteiger partial charge on any atom is -0.365 e. The van der Waals surface area contributed by atoms with E-state index < -0.39 is 6.10 Å². The number of para-hydroxylation sites is 1. The van der Waals surface area contributed by atoms with Crippen LogP contribution >= 0.6 is 0 Å². The van der Waals surface area contributed by atoms with Gasteiger partial charge in [0.1, 0.15) is 5.82 Å². The van der Waals surface area contributed by atoms with Gasteiger partial charge < -0.3 is 18.7 Å². The molecule has 1 amide bonds. The number of morpholine rings is 1. The van der Waals surface area contributed by atoms with E-state index in [1.165, 1.54) is 6.07 Å². The summed E-state index contributed by atoms with van der Waals surface area (Å²) in [7, 11) is 1.96. The van der Waals surface area contributed by atoms with Gasteiger partial charge in [0, 0.05) is 36.6 Å². The Balaban J connectivity index is 1.36. The fraction of sp³-hybridized carbons (Fsp3) is 0.292. The largest absolute Gasteiger partial charge is 0.365 e. The summed E-state index contributed by atoms with van der Waals surface area (Å²) < 4.78 is 27.2. The lowest BCUT2D eigenvalue weighted by molar-refractivity contribution is -0.0367. The fourth-order valence-electron chi connectivity index (χ4n) is 4.21. The van der Waals surface area contributed by atoms with Crippen LogP contribution in [0.1, 0.15) is 39.4 Å². The third-order valence-electron chi connectivity index (χ3n) is 6.03. The molecule has 2 aromatic carbocycles. The van der Waals surface area contributed by atoms with E-state index >= 15 is 0 Å². The quantitative estimate of drug-likeness (QED) is 0.488. The Labute approximate surface area is 184 Å². The Morgan fingerprint density at radius 3 is 2.81 bits per heavy atom. The van der Waals surface area contributed by atoms with E-state index in [-0.39, 0.29) is 18.1 Å². The van der Waals surface area contributed by atoms with Gasteiger partial charge in [0.2, 0.25) is 0 Å². The zero-order valence-electron chi connectivity index (χ0n) is 17.9. The molecule has 8 heteroatoms. The number of benzene rings is 2. The minimum atomic E-state index is -0.523. The minimum absolute atomic E-state index is 0.0429. The SMILES string of the molecule is Cc1c(C(=O)N2CCOC(c3nc(Cc4ccccc4F)no3)C2)c2ccccc2n1C. The second-order valence-electron chi connectivity index (χ2n) is 7.96. The van der Waals surface area contributed by atoms with Crippen LogP contribution in [0, 0.1) is 12.7 Å². The maximum atomic E-state index is 13.9. The van der Waals surface area contributed by atoms with Crippen LogP contribution in [0.25, 0.3) is 10.9 Å². The number of hydrogen-bond acceptors (Lipinski definition) is 5. The van der Waals surface area contributed by atoms with E-state index in [4.69, 9.17) is 9.26 Å². The first-order valence-electron chi connectivity index (χ1n) is 10.5. The Morgan fingerprint density at radius 1 is 1.19 bits per heavy atom. The molecule has 1 saturated heterocycles. The van der Waals surface area contributed by atoms with Crippen molar-refractivity contribution in [1.29, 1.82) is 0 Å². The van der Waals surface area contributed by atoms with Gasteiger partial charge in [-0.25, -0.2) is 4.39 Å². The van der Waals surface area contributed by atoms with Crippen molar-refractivity contribution in [1.82, 2.24) is 19.6 Å². The Bertz CT molecular complexity index is 1300. The van der Waals surface area contributed by atoms with Crippen molar-refractivity contribution in [3.63, 3.8) is 0 Å². The third kappa shape index (κ3) is 3.56. The van der Waals surface area contributed by atoms with E-state index in [0.29, 0.717) is 42.5 Å². The first-order valence-corrected chi connectivity index (χ1v) is 10.5. The topological polar surface area (TPSA) is 73.4 Å². The van der Waals surface area contributed by atoms with Crippen LogP contribution in [0.15, 0.2) is 53.1 Å². The monoisotopic (exact) mass is 434 g/mol. The number of aromatic nitrogens is 3. The van der Waals surface area contributed by atoms with Gasteiger partial charge in [-0.2, -0.15) is 4.98 Å². The summed E-state index contributed by atoms with van der Waals surface area (Å²) in [5.41, 5.74) is 3.14. The zero-order valence-corrected chi connectivity index (χ0v) is 17.9. The Hall–Kier alpha value is -3.52. The molecule has 0 saturated carbocycles. The standard InChI is InChI=1S/C24H23FN4O3/c1-15-22(17-8-4-6-10-19(17)28(15)2)24(30)29-11-12-31-20(14-29)23-26-21(27-32-23)13-16-7-3-5-9-18(16)25/h3-10,20H,11-14H2,1-2H3. The van der Waals surface area contributed by atoms with Crippen LogP contribution in [0.2, 0.25) is 0 Å². The maximum absolute atomic E-state index is 13.9. The number of amides is 1. The van der Waals surface area contributed by atoms with Gasteiger partial charge in [0.05, 0.1) is 18.7 Å². The normalized spacial score (nSPS) is 16.6. The molecule has 3 heterocycles. The number of hydrogen-bond donors (Lipinski definition) is 0.